The summed E-state index contributed by atoms with van der Waals surface area (Å²) in [6.45, 7) is 0. The van der Waals surface area contributed by atoms with Crippen LogP contribution in [0.1, 0.15) is 16.1 Å². The van der Waals surface area contributed by atoms with Gasteiger partial charge >= 0.3 is 0 Å². The Hall–Kier alpha value is -3.91. The van der Waals surface area contributed by atoms with Crippen molar-refractivity contribution in [1.82, 2.24) is 4.98 Å². The third kappa shape index (κ3) is 3.16. The molecule has 1 N–H and O–H groups in total. The Bertz CT molecular complexity index is 1210. The van der Waals surface area contributed by atoms with Crippen molar-refractivity contribution < 1.29 is 13.6 Å². The lowest BCUT2D eigenvalue weighted by Crippen LogP contribution is -2.00. The van der Waals surface area contributed by atoms with Crippen LogP contribution in [0.4, 0.5) is 4.39 Å². The molecular formula is C22H13FN2O2. The van der Waals surface area contributed by atoms with Gasteiger partial charge in [-0.25, -0.2) is 4.39 Å². The largest absolute Gasteiger partial charge is 0.457 e. The summed E-state index contributed by atoms with van der Waals surface area (Å²) >= 11 is 0. The highest BCUT2D eigenvalue weighted by atomic mass is 19.1. The van der Waals surface area contributed by atoms with Crippen molar-refractivity contribution in [3.05, 3.63) is 89.6 Å². The number of hydrogen-bond donors (Lipinski definition) is 1. The second-order valence-electron chi connectivity index (χ2n) is 5.96. The van der Waals surface area contributed by atoms with E-state index < -0.39 is 0 Å². The highest BCUT2D eigenvalue weighted by Crippen LogP contribution is 2.25. The molecule has 0 amide bonds. The molecule has 0 fully saturated rings. The Balaban J connectivity index is 1.67. The van der Waals surface area contributed by atoms with E-state index in [1.54, 1.807) is 30.5 Å². The van der Waals surface area contributed by atoms with Crippen LogP contribution in [0.3, 0.4) is 0 Å². The molecule has 4 rings (SSSR count). The van der Waals surface area contributed by atoms with Crippen molar-refractivity contribution >= 4 is 22.8 Å². The monoisotopic (exact) mass is 356 g/mol. The van der Waals surface area contributed by atoms with E-state index in [1.165, 1.54) is 18.2 Å². The number of aromatic nitrogens is 1. The number of nitrogens with zero attached hydrogens (tertiary/aromatic N) is 1. The smallest absolute Gasteiger partial charge is 0.205 e. The molecule has 0 aliphatic rings. The molecule has 2 aromatic carbocycles. The fourth-order valence-corrected chi connectivity index (χ4v) is 2.90. The number of allylic oxidation sites excluding steroid dienone is 1. The maximum Gasteiger partial charge on any atom is 0.205 e. The Labute approximate surface area is 154 Å². The van der Waals surface area contributed by atoms with Gasteiger partial charge in [0.15, 0.2) is 0 Å². The number of carbonyl (C=O) groups is 1. The van der Waals surface area contributed by atoms with Crippen LogP contribution in [0.2, 0.25) is 0 Å². The van der Waals surface area contributed by atoms with Gasteiger partial charge in [-0.1, -0.05) is 18.2 Å². The topological polar surface area (TPSA) is 69.8 Å². The first kappa shape index (κ1) is 16.6. The number of halogens is 1. The van der Waals surface area contributed by atoms with E-state index in [-0.39, 0.29) is 17.2 Å². The van der Waals surface area contributed by atoms with Gasteiger partial charge in [-0.2, -0.15) is 5.26 Å². The first-order chi connectivity index (χ1) is 13.2. The summed E-state index contributed by atoms with van der Waals surface area (Å²) in [7, 11) is 0. The molecule has 0 saturated heterocycles. The van der Waals surface area contributed by atoms with E-state index in [0.29, 0.717) is 22.6 Å². The summed E-state index contributed by atoms with van der Waals surface area (Å²) < 4.78 is 18.7. The van der Waals surface area contributed by atoms with Crippen molar-refractivity contribution in [3.8, 4) is 17.4 Å². The molecule has 0 bridgehead atoms. The molecule has 0 radical (unpaired) electrons. The predicted molar refractivity (Wildman–Crippen MR) is 100 cm³/mol. The standard InChI is InChI=1S/C22H13FN2O2/c23-16-7-5-14(6-8-16)21-10-9-17(27-21)11-15(12-24)22(26)19-13-25-20-4-2-1-3-18(19)20/h1-11,13,25H. The first-order valence-corrected chi connectivity index (χ1v) is 8.24. The van der Waals surface area contributed by atoms with Gasteiger partial charge in [0.1, 0.15) is 29.0 Å². The highest BCUT2D eigenvalue weighted by molar-refractivity contribution is 6.19. The molecule has 0 spiro atoms. The maximum absolute atomic E-state index is 13.0. The number of ketones is 1. The molecule has 0 aliphatic carbocycles. The van der Waals surface area contributed by atoms with Crippen LogP contribution in [0.15, 0.2) is 76.9 Å². The third-order valence-electron chi connectivity index (χ3n) is 4.24. The van der Waals surface area contributed by atoms with Crippen LogP contribution >= 0.6 is 0 Å². The zero-order chi connectivity index (χ0) is 18.8. The van der Waals surface area contributed by atoms with Crippen LogP contribution in [0, 0.1) is 17.1 Å². The highest BCUT2D eigenvalue weighted by Gasteiger charge is 2.17. The Morgan fingerprint density at radius 3 is 2.63 bits per heavy atom. The number of rotatable bonds is 4. The van der Waals surface area contributed by atoms with Crippen LogP contribution in [-0.4, -0.2) is 10.8 Å². The van der Waals surface area contributed by atoms with Crippen LogP contribution in [-0.2, 0) is 0 Å². The van der Waals surface area contributed by atoms with Gasteiger partial charge in [0, 0.05) is 34.3 Å². The number of H-pyrrole nitrogens is 1. The number of fused-ring (bicyclic) bond motifs is 1. The Morgan fingerprint density at radius 1 is 1.07 bits per heavy atom. The van der Waals surface area contributed by atoms with Crippen molar-refractivity contribution in [1.29, 1.82) is 5.26 Å². The summed E-state index contributed by atoms with van der Waals surface area (Å²) in [6, 6.07) is 18.6. The Kier molecular flexibility index (Phi) is 4.15. The molecule has 0 saturated carbocycles. The van der Waals surface area contributed by atoms with Gasteiger partial charge < -0.3 is 9.40 Å². The summed E-state index contributed by atoms with van der Waals surface area (Å²) in [5, 5.41) is 10.2. The van der Waals surface area contributed by atoms with Gasteiger partial charge in [0.05, 0.1) is 0 Å². The lowest BCUT2D eigenvalue weighted by atomic mass is 10.0. The van der Waals surface area contributed by atoms with Gasteiger partial charge in [0.2, 0.25) is 5.78 Å². The van der Waals surface area contributed by atoms with Crippen molar-refractivity contribution in [2.75, 3.05) is 0 Å². The lowest BCUT2D eigenvalue weighted by molar-refractivity contribution is 0.104. The number of Topliss-reactive ketones (excluding diaryl/α,β-unsaturated/α-hetero) is 1. The summed E-state index contributed by atoms with van der Waals surface area (Å²) in [5.41, 5.74) is 1.94. The van der Waals surface area contributed by atoms with E-state index in [2.05, 4.69) is 4.98 Å². The fraction of sp³-hybridized carbons (Fsp3) is 0. The van der Waals surface area contributed by atoms with Gasteiger partial charge in [-0.15, -0.1) is 0 Å². The lowest BCUT2D eigenvalue weighted by Gasteiger charge is -1.98. The SMILES string of the molecule is N#CC(=Cc1ccc(-c2ccc(F)cc2)o1)C(=O)c1c[nH]c2ccccc12. The van der Waals surface area contributed by atoms with Crippen molar-refractivity contribution in [2.45, 2.75) is 0 Å². The molecule has 27 heavy (non-hydrogen) atoms. The minimum Gasteiger partial charge on any atom is -0.457 e. The molecule has 0 unspecified atom stereocenters. The maximum atomic E-state index is 13.0. The fourth-order valence-electron chi connectivity index (χ4n) is 2.90. The van der Waals surface area contributed by atoms with E-state index in [0.717, 1.165) is 10.9 Å². The van der Waals surface area contributed by atoms with Gasteiger partial charge in [0.25, 0.3) is 0 Å². The molecule has 4 aromatic rings. The second kappa shape index (κ2) is 6.77. The number of nitriles is 1. The van der Waals surface area contributed by atoms with Crippen molar-refractivity contribution in [2.24, 2.45) is 0 Å². The van der Waals surface area contributed by atoms with E-state index in [4.69, 9.17) is 4.42 Å². The first-order valence-electron chi connectivity index (χ1n) is 8.24. The Morgan fingerprint density at radius 2 is 1.85 bits per heavy atom. The molecule has 0 aliphatic heterocycles. The predicted octanol–water partition coefficient (Wildman–Crippen LogP) is 5.36. The normalized spacial score (nSPS) is 11.5. The van der Waals surface area contributed by atoms with Crippen LogP contribution in [0.5, 0.6) is 0 Å². The molecule has 130 valence electrons. The molecule has 5 heteroatoms. The quantitative estimate of drug-likeness (QED) is 0.304. The van der Waals surface area contributed by atoms with Crippen molar-refractivity contribution in [3.63, 3.8) is 0 Å². The van der Waals surface area contributed by atoms with E-state index in [1.807, 2.05) is 30.3 Å². The number of para-hydroxylation sites is 1. The minimum absolute atomic E-state index is 0.0280. The molecule has 2 aromatic heterocycles. The summed E-state index contributed by atoms with van der Waals surface area (Å²) in [6.07, 6.45) is 3.02. The third-order valence-corrected chi connectivity index (χ3v) is 4.24. The molecular weight excluding hydrogens is 343 g/mol. The van der Waals surface area contributed by atoms with E-state index >= 15 is 0 Å². The number of hydrogen-bond acceptors (Lipinski definition) is 3. The zero-order valence-corrected chi connectivity index (χ0v) is 14.1. The average molecular weight is 356 g/mol. The number of carbonyl (C=O) groups excluding carboxylic acids is 1. The van der Waals surface area contributed by atoms with Crippen LogP contribution < -0.4 is 0 Å². The summed E-state index contributed by atoms with van der Waals surface area (Å²) in [5.74, 6) is 0.188. The van der Waals surface area contributed by atoms with E-state index in [9.17, 15) is 14.4 Å². The summed E-state index contributed by atoms with van der Waals surface area (Å²) in [4.78, 5) is 15.8. The minimum atomic E-state index is -0.380. The van der Waals surface area contributed by atoms with Gasteiger partial charge in [-0.05, 0) is 42.5 Å². The van der Waals surface area contributed by atoms with Crippen LogP contribution in [0.25, 0.3) is 28.3 Å². The molecule has 2 heterocycles. The number of nitrogens with one attached hydrogen (secondary N) is 1. The molecule has 0 atom stereocenters. The van der Waals surface area contributed by atoms with Gasteiger partial charge in [-0.3, -0.25) is 4.79 Å². The average Bonchev–Trinajstić information content (AvgIpc) is 3.33. The second-order valence-corrected chi connectivity index (χ2v) is 5.96. The molecule has 4 nitrogen and oxygen atoms in total. The number of aromatic amines is 1. The number of furan rings is 1. The number of benzene rings is 2. The zero-order valence-electron chi connectivity index (χ0n) is 14.1.